The smallest absolute Gasteiger partial charge is 0.490 e. The molecule has 0 unspecified atom stereocenters. The minimum atomic E-state index is -4.75. The lowest BCUT2D eigenvalue weighted by molar-refractivity contribution is -0.274. The van der Waals surface area contributed by atoms with E-state index in [-0.39, 0.29) is 18.2 Å². The van der Waals surface area contributed by atoms with Gasteiger partial charge in [0.05, 0.1) is 6.54 Å². The highest BCUT2D eigenvalue weighted by Gasteiger charge is 2.30. The highest BCUT2D eigenvalue weighted by Crippen LogP contribution is 2.24. The maximum absolute atomic E-state index is 12.1. The Labute approximate surface area is 161 Å². The first kappa shape index (κ1) is 21.3. The van der Waals surface area contributed by atoms with Gasteiger partial charge in [-0.25, -0.2) is 0 Å². The zero-order valence-electron chi connectivity index (χ0n) is 15.3. The number of halogens is 3. The van der Waals surface area contributed by atoms with E-state index in [1.807, 2.05) is 29.2 Å². The predicted molar refractivity (Wildman–Crippen MR) is 100 cm³/mol. The molecule has 0 heterocycles. The van der Waals surface area contributed by atoms with Gasteiger partial charge in [0.2, 0.25) is 5.91 Å². The minimum absolute atomic E-state index is 0.121. The van der Waals surface area contributed by atoms with Crippen LogP contribution in [0, 0.1) is 0 Å². The van der Waals surface area contributed by atoms with E-state index in [1.54, 1.807) is 13.1 Å². The van der Waals surface area contributed by atoms with Gasteiger partial charge in [-0.3, -0.25) is 9.69 Å². The largest absolute Gasteiger partial charge is 0.573 e. The van der Waals surface area contributed by atoms with E-state index < -0.39 is 6.36 Å². The first-order valence-corrected chi connectivity index (χ1v) is 8.42. The van der Waals surface area contributed by atoms with Gasteiger partial charge in [-0.2, -0.15) is 0 Å². The Balaban J connectivity index is 1.81. The third-order valence-electron chi connectivity index (χ3n) is 3.53. The molecule has 0 aromatic heterocycles. The fourth-order valence-corrected chi connectivity index (χ4v) is 2.40. The second-order valence-electron chi connectivity index (χ2n) is 6.04. The van der Waals surface area contributed by atoms with Gasteiger partial charge in [0.1, 0.15) is 18.1 Å². The van der Waals surface area contributed by atoms with Gasteiger partial charge < -0.3 is 14.8 Å². The molecule has 2 rings (SSSR count). The molecule has 0 aliphatic rings. The molecule has 5 nitrogen and oxygen atoms in total. The van der Waals surface area contributed by atoms with Crippen LogP contribution in [-0.4, -0.2) is 37.4 Å². The van der Waals surface area contributed by atoms with E-state index in [9.17, 15) is 18.0 Å². The van der Waals surface area contributed by atoms with Crippen LogP contribution in [0.1, 0.15) is 5.56 Å². The van der Waals surface area contributed by atoms with E-state index in [1.165, 1.54) is 12.1 Å². The molecule has 0 saturated carbocycles. The number of rotatable bonds is 9. The van der Waals surface area contributed by atoms with Gasteiger partial charge in [-0.05, 0) is 49.0 Å². The summed E-state index contributed by atoms with van der Waals surface area (Å²) in [7, 11) is 1.79. The summed E-state index contributed by atoms with van der Waals surface area (Å²) in [4.78, 5) is 13.9. The van der Waals surface area contributed by atoms with Crippen LogP contribution in [0.4, 0.5) is 18.9 Å². The van der Waals surface area contributed by atoms with E-state index in [4.69, 9.17) is 4.74 Å². The summed E-state index contributed by atoms with van der Waals surface area (Å²) in [6, 6.07) is 12.5. The summed E-state index contributed by atoms with van der Waals surface area (Å²) in [6.45, 7) is 4.69. The lowest BCUT2D eigenvalue weighted by atomic mass is 10.2. The summed E-state index contributed by atoms with van der Waals surface area (Å²) in [5, 5.41) is 2.63. The van der Waals surface area contributed by atoms with E-state index in [0.29, 0.717) is 18.8 Å². The van der Waals surface area contributed by atoms with Crippen LogP contribution in [0.2, 0.25) is 0 Å². The van der Waals surface area contributed by atoms with Gasteiger partial charge in [0.15, 0.2) is 0 Å². The van der Waals surface area contributed by atoms with Gasteiger partial charge in [0, 0.05) is 12.2 Å². The molecule has 2 aromatic carbocycles. The van der Waals surface area contributed by atoms with Gasteiger partial charge in [0.25, 0.3) is 0 Å². The molecule has 0 saturated heterocycles. The summed E-state index contributed by atoms with van der Waals surface area (Å²) in [5.41, 5.74) is 1.39. The first-order chi connectivity index (χ1) is 13.2. The van der Waals surface area contributed by atoms with Crippen molar-refractivity contribution in [3.05, 3.63) is 66.7 Å². The number of ether oxygens (including phenoxy) is 2. The number of benzene rings is 2. The molecular formula is C20H21F3N2O3. The summed E-state index contributed by atoms with van der Waals surface area (Å²) in [6.07, 6.45) is -3.08. The van der Waals surface area contributed by atoms with E-state index in [2.05, 4.69) is 16.6 Å². The fourth-order valence-electron chi connectivity index (χ4n) is 2.40. The Kier molecular flexibility index (Phi) is 7.45. The molecule has 2 aromatic rings. The summed E-state index contributed by atoms with van der Waals surface area (Å²) < 4.78 is 45.6. The Morgan fingerprint density at radius 3 is 2.29 bits per heavy atom. The maximum Gasteiger partial charge on any atom is 0.573 e. The average molecular weight is 394 g/mol. The van der Waals surface area contributed by atoms with Crippen molar-refractivity contribution in [1.82, 2.24) is 4.90 Å². The van der Waals surface area contributed by atoms with Crippen molar-refractivity contribution in [3.63, 3.8) is 0 Å². The van der Waals surface area contributed by atoms with Crippen molar-refractivity contribution in [2.75, 3.05) is 25.5 Å². The number of hydrogen-bond donors (Lipinski definition) is 1. The lowest BCUT2D eigenvalue weighted by Gasteiger charge is -2.17. The van der Waals surface area contributed by atoms with Crippen LogP contribution < -0.4 is 14.8 Å². The van der Waals surface area contributed by atoms with Crippen molar-refractivity contribution in [2.45, 2.75) is 12.9 Å². The normalized spacial score (nSPS) is 11.2. The molecular weight excluding hydrogens is 373 g/mol. The molecule has 0 atom stereocenters. The SMILES string of the molecule is C=CCOc1ccc(CN(C)CC(=O)Nc2ccc(OC(F)(F)F)cc2)cc1. The number of anilines is 1. The number of hydrogen-bond acceptors (Lipinski definition) is 4. The van der Waals surface area contributed by atoms with Crippen LogP contribution in [0.5, 0.6) is 11.5 Å². The fraction of sp³-hybridized carbons (Fsp3) is 0.250. The number of carbonyl (C=O) groups excluding carboxylic acids is 1. The van der Waals surface area contributed by atoms with Crippen molar-refractivity contribution >= 4 is 11.6 Å². The zero-order chi connectivity index (χ0) is 20.6. The summed E-state index contributed by atoms with van der Waals surface area (Å²) in [5.74, 6) is 0.114. The van der Waals surface area contributed by atoms with Crippen LogP contribution in [-0.2, 0) is 11.3 Å². The second-order valence-corrected chi connectivity index (χ2v) is 6.04. The van der Waals surface area contributed by atoms with E-state index >= 15 is 0 Å². The highest BCUT2D eigenvalue weighted by atomic mass is 19.4. The van der Waals surface area contributed by atoms with Crippen molar-refractivity contribution in [3.8, 4) is 11.5 Å². The van der Waals surface area contributed by atoms with Gasteiger partial charge in [-0.15, -0.1) is 13.2 Å². The molecule has 1 amide bonds. The highest BCUT2D eigenvalue weighted by molar-refractivity contribution is 5.92. The zero-order valence-corrected chi connectivity index (χ0v) is 15.3. The third kappa shape index (κ3) is 7.71. The molecule has 0 aliphatic heterocycles. The Hall–Kier alpha value is -3.00. The van der Waals surface area contributed by atoms with Crippen LogP contribution >= 0.6 is 0 Å². The molecule has 0 fully saturated rings. The molecule has 1 N–H and O–H groups in total. The third-order valence-corrected chi connectivity index (χ3v) is 3.53. The average Bonchev–Trinajstić information content (AvgIpc) is 2.61. The molecule has 0 spiro atoms. The second kappa shape index (κ2) is 9.80. The number of carbonyl (C=O) groups is 1. The molecule has 150 valence electrons. The molecule has 8 heteroatoms. The molecule has 28 heavy (non-hydrogen) atoms. The van der Waals surface area contributed by atoms with Gasteiger partial charge in [-0.1, -0.05) is 24.8 Å². The monoisotopic (exact) mass is 394 g/mol. The number of nitrogens with one attached hydrogen (secondary N) is 1. The number of amides is 1. The van der Waals surface area contributed by atoms with Crippen LogP contribution in [0.25, 0.3) is 0 Å². The van der Waals surface area contributed by atoms with Crippen molar-refractivity contribution in [1.29, 1.82) is 0 Å². The topological polar surface area (TPSA) is 50.8 Å². The Bertz CT molecular complexity index is 775. The predicted octanol–water partition coefficient (Wildman–Crippen LogP) is 4.22. The number of likely N-dealkylation sites (N-methyl/N-ethyl adjacent to an activating group) is 1. The maximum atomic E-state index is 12.1. The number of alkyl halides is 3. The lowest BCUT2D eigenvalue weighted by Crippen LogP contribution is -2.29. The first-order valence-electron chi connectivity index (χ1n) is 8.42. The van der Waals surface area contributed by atoms with Crippen LogP contribution in [0.15, 0.2) is 61.2 Å². The molecule has 0 aliphatic carbocycles. The quantitative estimate of drug-likeness (QED) is 0.647. The Morgan fingerprint density at radius 1 is 1.11 bits per heavy atom. The van der Waals surface area contributed by atoms with E-state index in [0.717, 1.165) is 23.4 Å². The molecule has 0 bridgehead atoms. The molecule has 0 radical (unpaired) electrons. The standard InChI is InChI=1S/C20H21F3N2O3/c1-3-12-27-17-8-4-15(5-9-17)13-25(2)14-19(26)24-16-6-10-18(11-7-16)28-20(21,22)23/h3-11H,1,12-14H2,2H3,(H,24,26). The summed E-state index contributed by atoms with van der Waals surface area (Å²) >= 11 is 0. The van der Waals surface area contributed by atoms with Crippen LogP contribution in [0.3, 0.4) is 0 Å². The van der Waals surface area contributed by atoms with Crippen molar-refractivity contribution in [2.24, 2.45) is 0 Å². The van der Waals surface area contributed by atoms with Gasteiger partial charge >= 0.3 is 6.36 Å². The minimum Gasteiger partial charge on any atom is -0.490 e. The Morgan fingerprint density at radius 2 is 1.71 bits per heavy atom. The number of nitrogens with zero attached hydrogens (tertiary/aromatic N) is 1. The van der Waals surface area contributed by atoms with Crippen molar-refractivity contribution < 1.29 is 27.4 Å².